The molecule has 1 aromatic carbocycles. The van der Waals surface area contributed by atoms with Crippen molar-refractivity contribution in [2.75, 3.05) is 0 Å². The largest absolute Gasteiger partial charge is 1.00 e. The second-order valence-corrected chi connectivity index (χ2v) is 3.29. The zero-order chi connectivity index (χ0) is 10.5. The van der Waals surface area contributed by atoms with Crippen LogP contribution < -0.4 is 5.73 Å². The van der Waals surface area contributed by atoms with Gasteiger partial charge >= 0.3 is 1.43 Å². The number of halogens is 1. The van der Waals surface area contributed by atoms with Crippen molar-refractivity contribution >= 4 is 27.7 Å². The van der Waals surface area contributed by atoms with Crippen molar-refractivity contribution in [2.24, 2.45) is 0 Å². The van der Waals surface area contributed by atoms with Gasteiger partial charge in [-0.2, -0.15) is 0 Å². The lowest BCUT2D eigenvalue weighted by Gasteiger charge is -2.06. The third kappa shape index (κ3) is 11.3. The highest BCUT2D eigenvalue weighted by Gasteiger charge is 1.85. The van der Waals surface area contributed by atoms with Crippen molar-refractivity contribution in [3.05, 3.63) is 29.3 Å². The summed E-state index contributed by atoms with van der Waals surface area (Å²) < 4.78 is 34.1. The summed E-state index contributed by atoms with van der Waals surface area (Å²) in [7, 11) is -5.17. The van der Waals surface area contributed by atoms with E-state index in [1.54, 1.807) is 0 Å². The lowest BCUT2D eigenvalue weighted by Crippen LogP contribution is -2.39. The maximum absolute atomic E-state index is 8.52. The smallest absolute Gasteiger partial charge is 0.759 e. The van der Waals surface area contributed by atoms with Crippen LogP contribution in [-0.2, 0) is 10.4 Å². The van der Waals surface area contributed by atoms with Crippen LogP contribution in [0.5, 0.6) is 0 Å². The van der Waals surface area contributed by atoms with E-state index in [1.807, 2.05) is 24.3 Å². The molecule has 0 aromatic heterocycles. The van der Waals surface area contributed by atoms with E-state index < -0.39 is 10.4 Å². The summed E-state index contributed by atoms with van der Waals surface area (Å²) in [6, 6.07) is 7.40. The van der Waals surface area contributed by atoms with E-state index in [4.69, 9.17) is 29.1 Å². The van der Waals surface area contributed by atoms with Crippen LogP contribution in [0, 0.1) is 0 Å². The fraction of sp³-hybridized carbons (Fsp3) is 0. The van der Waals surface area contributed by atoms with E-state index in [1.165, 1.54) is 0 Å². The van der Waals surface area contributed by atoms with Gasteiger partial charge in [0.05, 0.1) is 0 Å². The summed E-state index contributed by atoms with van der Waals surface area (Å²) in [6.07, 6.45) is 0. The molecule has 0 unspecified atom stereocenters. The average molecular weight is 226 g/mol. The van der Waals surface area contributed by atoms with Crippen LogP contribution in [0.15, 0.2) is 24.3 Å². The molecule has 7 heteroatoms. The molecule has 0 radical (unpaired) electrons. The van der Waals surface area contributed by atoms with Gasteiger partial charge in [0.15, 0.2) is 0 Å². The molecular weight excluding hydrogens is 218 g/mol. The Bertz CT molecular complexity index is 324. The van der Waals surface area contributed by atoms with E-state index >= 15 is 0 Å². The molecule has 0 atom stereocenters. The van der Waals surface area contributed by atoms with Crippen LogP contribution in [0.25, 0.3) is 0 Å². The van der Waals surface area contributed by atoms with E-state index in [9.17, 15) is 0 Å². The van der Waals surface area contributed by atoms with E-state index in [0.29, 0.717) is 0 Å². The fourth-order valence-corrected chi connectivity index (χ4v) is 0.610. The Morgan fingerprint density at radius 3 is 1.77 bits per heavy atom. The molecule has 0 saturated heterocycles. The van der Waals surface area contributed by atoms with Gasteiger partial charge in [0.1, 0.15) is 5.69 Å². The summed E-state index contributed by atoms with van der Waals surface area (Å²) >= 11 is 5.58. The molecule has 0 aliphatic rings. The molecule has 74 valence electrons. The highest BCUT2D eigenvalue weighted by atomic mass is 35.5. The van der Waals surface area contributed by atoms with Crippen molar-refractivity contribution in [2.45, 2.75) is 0 Å². The van der Waals surface area contributed by atoms with Gasteiger partial charge in [-0.25, -0.2) is 0 Å². The standard InChI is InChI=1S/C6H6ClN.H2O4S/c7-5-1-3-6(8)4-2-5;1-5(2,3)4/h1-4H,8H2;(H2,1,2,3,4). The minimum Gasteiger partial charge on any atom is -0.759 e. The minimum absolute atomic E-state index is 0. The average Bonchev–Trinajstić information content (AvgIpc) is 1.92. The van der Waals surface area contributed by atoms with Gasteiger partial charge in [-0.1, -0.05) is 11.6 Å². The number of hydrogen-bond donors (Lipinski definition) is 1. The normalized spacial score (nSPS) is 10.2. The molecule has 1 aromatic rings. The van der Waals surface area contributed by atoms with Crippen LogP contribution >= 0.6 is 11.6 Å². The van der Waals surface area contributed by atoms with Gasteiger partial charge in [-0.15, -0.1) is 0 Å². The maximum Gasteiger partial charge on any atom is 1.00 e. The number of quaternary nitrogens is 1. The first-order valence-electron chi connectivity index (χ1n) is 3.03. The third-order valence-electron chi connectivity index (χ3n) is 0.913. The first-order chi connectivity index (χ1) is 5.79. The summed E-state index contributed by atoms with van der Waals surface area (Å²) in [5.74, 6) is 0. The maximum atomic E-state index is 8.52. The third-order valence-corrected chi connectivity index (χ3v) is 1.17. The van der Waals surface area contributed by atoms with Crippen molar-refractivity contribution in [3.63, 3.8) is 0 Å². The number of benzene rings is 1. The summed E-state index contributed by atoms with van der Waals surface area (Å²) in [5, 5.41) is 0.761. The Kier molecular flexibility index (Phi) is 4.89. The fourth-order valence-electron chi connectivity index (χ4n) is 0.484. The van der Waals surface area contributed by atoms with Gasteiger partial charge in [-0.3, -0.25) is 8.42 Å². The quantitative estimate of drug-likeness (QED) is 0.495. The van der Waals surface area contributed by atoms with Crippen LogP contribution in [0.3, 0.4) is 0 Å². The van der Waals surface area contributed by atoms with Crippen LogP contribution in [0.1, 0.15) is 1.43 Å². The van der Waals surface area contributed by atoms with Crippen molar-refractivity contribution in [1.82, 2.24) is 0 Å². The first kappa shape index (κ1) is 12.3. The number of hydrogen-bond acceptors (Lipinski definition) is 4. The molecule has 3 N–H and O–H groups in total. The van der Waals surface area contributed by atoms with Crippen LogP contribution in [0.4, 0.5) is 5.69 Å². The molecule has 0 saturated carbocycles. The summed E-state index contributed by atoms with van der Waals surface area (Å²) in [5.41, 5.74) is 4.70. The molecule has 0 aliphatic heterocycles. The van der Waals surface area contributed by atoms with Crippen LogP contribution in [0.2, 0.25) is 5.02 Å². The molecule has 0 bridgehead atoms. The van der Waals surface area contributed by atoms with Crippen molar-refractivity contribution in [1.29, 1.82) is 0 Å². The topological polar surface area (TPSA) is 108 Å². The Morgan fingerprint density at radius 2 is 1.54 bits per heavy atom. The van der Waals surface area contributed by atoms with Crippen LogP contribution in [-0.4, -0.2) is 17.5 Å². The van der Waals surface area contributed by atoms with Gasteiger partial charge < -0.3 is 14.8 Å². The lowest BCUT2D eigenvalue weighted by molar-refractivity contribution is -0.254. The molecule has 13 heavy (non-hydrogen) atoms. The SMILES string of the molecule is O=S(=O)([O-])[O-].[H+].[NH3+]c1ccc(Cl)cc1. The molecule has 0 fully saturated rings. The molecular formula is C6H8ClNO4S. The van der Waals surface area contributed by atoms with Gasteiger partial charge in [0, 0.05) is 27.6 Å². The van der Waals surface area contributed by atoms with E-state index in [2.05, 4.69) is 5.73 Å². The molecule has 0 heterocycles. The molecule has 0 amide bonds. The van der Waals surface area contributed by atoms with Crippen molar-refractivity contribution in [3.8, 4) is 0 Å². The lowest BCUT2D eigenvalue weighted by atomic mass is 10.3. The Balaban J connectivity index is 0. The van der Waals surface area contributed by atoms with Gasteiger partial charge in [0.2, 0.25) is 0 Å². The first-order valence-corrected chi connectivity index (χ1v) is 4.74. The molecule has 1 rings (SSSR count). The second kappa shape index (κ2) is 5.15. The molecule has 5 nitrogen and oxygen atoms in total. The second-order valence-electron chi connectivity index (χ2n) is 2.03. The Morgan fingerprint density at radius 1 is 1.23 bits per heavy atom. The zero-order valence-corrected chi connectivity index (χ0v) is 8.01. The zero-order valence-electron chi connectivity index (χ0n) is 7.44. The van der Waals surface area contributed by atoms with Gasteiger partial charge in [0.25, 0.3) is 0 Å². The van der Waals surface area contributed by atoms with E-state index in [-0.39, 0.29) is 1.43 Å². The minimum atomic E-state index is -5.17. The predicted molar refractivity (Wildman–Crippen MR) is 45.6 cm³/mol. The molecule has 0 aliphatic carbocycles. The highest BCUT2D eigenvalue weighted by Crippen LogP contribution is 2.08. The van der Waals surface area contributed by atoms with Gasteiger partial charge in [-0.05, 0) is 12.1 Å². The Labute approximate surface area is 82.2 Å². The number of rotatable bonds is 0. The monoisotopic (exact) mass is 225 g/mol. The Hall–Kier alpha value is -0.660. The highest BCUT2D eigenvalue weighted by molar-refractivity contribution is 7.79. The van der Waals surface area contributed by atoms with E-state index in [0.717, 1.165) is 10.7 Å². The summed E-state index contributed by atoms with van der Waals surface area (Å²) in [6.45, 7) is 0. The van der Waals surface area contributed by atoms with Crippen molar-refractivity contribution < 1.29 is 24.7 Å². The predicted octanol–water partition coefficient (Wildman–Crippen LogP) is -0.0121. The molecule has 0 spiro atoms. The summed E-state index contributed by atoms with van der Waals surface area (Å²) in [4.78, 5) is 0.